The van der Waals surface area contributed by atoms with Gasteiger partial charge in [-0.15, -0.1) is 0 Å². The Balaban J connectivity index is 2.29. The molecule has 0 aromatic heterocycles. The number of hydrogen-bond donors (Lipinski definition) is 0. The number of hydrogen-bond acceptors (Lipinski definition) is 5. The molecule has 0 atom stereocenters. The molecule has 0 aliphatic carbocycles. The maximum absolute atomic E-state index is 12.9. The third-order valence-corrected chi connectivity index (χ3v) is 3.20. The number of carbonyl (C=O) groups is 1. The van der Waals surface area contributed by atoms with E-state index in [1.807, 2.05) is 0 Å². The van der Waals surface area contributed by atoms with Crippen molar-refractivity contribution in [1.29, 1.82) is 0 Å². The van der Waals surface area contributed by atoms with Crippen molar-refractivity contribution in [3.05, 3.63) is 65.5 Å². The topological polar surface area (TPSA) is 54.0 Å². The summed E-state index contributed by atoms with van der Waals surface area (Å²) in [5.41, 5.74) is 0.958. The summed E-state index contributed by atoms with van der Waals surface area (Å²) in [4.78, 5) is 12.7. The lowest BCUT2D eigenvalue weighted by Gasteiger charge is -2.13. The lowest BCUT2D eigenvalue weighted by atomic mass is 10.1. The molecule has 5 nitrogen and oxygen atoms in total. The van der Waals surface area contributed by atoms with Crippen LogP contribution in [0.15, 0.2) is 48.5 Å². The van der Waals surface area contributed by atoms with Crippen LogP contribution in [0, 0.1) is 5.82 Å². The molecule has 0 amide bonds. The number of halogens is 1. The van der Waals surface area contributed by atoms with E-state index in [1.165, 1.54) is 32.4 Å². The second-order valence-corrected chi connectivity index (χ2v) is 4.98. The summed E-state index contributed by atoms with van der Waals surface area (Å²) in [7, 11) is 2.97. The highest BCUT2D eigenvalue weighted by Crippen LogP contribution is 2.30. The van der Waals surface area contributed by atoms with Crippen molar-refractivity contribution in [2.24, 2.45) is 0 Å². The molecule has 0 saturated carbocycles. The lowest BCUT2D eigenvalue weighted by Crippen LogP contribution is -2.09. The molecule has 25 heavy (non-hydrogen) atoms. The number of rotatable bonds is 9. The van der Waals surface area contributed by atoms with Gasteiger partial charge in [-0.2, -0.15) is 0 Å². The Labute approximate surface area is 145 Å². The van der Waals surface area contributed by atoms with Crippen molar-refractivity contribution in [2.45, 2.75) is 0 Å². The Morgan fingerprint density at radius 1 is 0.960 bits per heavy atom. The third kappa shape index (κ3) is 5.41. The van der Waals surface area contributed by atoms with Crippen LogP contribution < -0.4 is 9.47 Å². The van der Waals surface area contributed by atoms with Gasteiger partial charge in [0.05, 0.1) is 0 Å². The van der Waals surface area contributed by atoms with Gasteiger partial charge in [0.25, 0.3) is 0 Å². The van der Waals surface area contributed by atoms with Crippen LogP contribution in [0.1, 0.15) is 15.9 Å². The Kier molecular flexibility index (Phi) is 7.13. The van der Waals surface area contributed by atoms with Crippen LogP contribution in [0.5, 0.6) is 11.5 Å². The fourth-order valence-electron chi connectivity index (χ4n) is 2.07. The van der Waals surface area contributed by atoms with Gasteiger partial charge in [0.15, 0.2) is 19.4 Å². The number of benzene rings is 2. The standard InChI is InChI=1S/C19H19FO5/c1-22-12-24-17-4-3-5-18(25-13-23-2)19(17)16(21)11-8-14-6-9-15(20)10-7-14/h3-11H,12-13H2,1-2H3/b11-8+. The van der Waals surface area contributed by atoms with Crippen LogP contribution in [0.25, 0.3) is 6.08 Å². The average molecular weight is 346 g/mol. The predicted molar refractivity (Wildman–Crippen MR) is 91.2 cm³/mol. The number of allylic oxidation sites excluding steroid dienone is 1. The number of carbonyl (C=O) groups excluding carboxylic acids is 1. The van der Waals surface area contributed by atoms with E-state index in [0.717, 1.165) is 0 Å². The fraction of sp³-hybridized carbons (Fsp3) is 0.211. The zero-order valence-electron chi connectivity index (χ0n) is 14.0. The van der Waals surface area contributed by atoms with Gasteiger partial charge in [-0.1, -0.05) is 24.3 Å². The van der Waals surface area contributed by atoms with Crippen LogP contribution >= 0.6 is 0 Å². The highest BCUT2D eigenvalue weighted by molar-refractivity contribution is 6.10. The predicted octanol–water partition coefficient (Wildman–Crippen LogP) is 3.69. The molecule has 0 saturated heterocycles. The summed E-state index contributed by atoms with van der Waals surface area (Å²) in [6.07, 6.45) is 2.97. The Morgan fingerprint density at radius 2 is 1.52 bits per heavy atom. The van der Waals surface area contributed by atoms with Crippen molar-refractivity contribution in [2.75, 3.05) is 27.8 Å². The molecule has 0 unspecified atom stereocenters. The minimum atomic E-state index is -0.336. The first-order valence-corrected chi connectivity index (χ1v) is 7.50. The molecule has 0 aliphatic rings. The minimum Gasteiger partial charge on any atom is -0.467 e. The van der Waals surface area contributed by atoms with Crippen molar-refractivity contribution in [1.82, 2.24) is 0 Å². The first-order valence-electron chi connectivity index (χ1n) is 7.50. The molecule has 132 valence electrons. The molecule has 0 bridgehead atoms. The van der Waals surface area contributed by atoms with Gasteiger partial charge in [-0.25, -0.2) is 4.39 Å². The van der Waals surface area contributed by atoms with Crippen LogP contribution in [0.4, 0.5) is 4.39 Å². The molecule has 0 N–H and O–H groups in total. The number of ketones is 1. The minimum absolute atomic E-state index is 0.00428. The van der Waals surface area contributed by atoms with E-state index >= 15 is 0 Å². The number of methoxy groups -OCH3 is 2. The molecular weight excluding hydrogens is 327 g/mol. The molecule has 6 heteroatoms. The summed E-state index contributed by atoms with van der Waals surface area (Å²) in [6.45, 7) is -0.00856. The average Bonchev–Trinajstić information content (AvgIpc) is 2.63. The van der Waals surface area contributed by atoms with Gasteiger partial charge in [0, 0.05) is 14.2 Å². The zero-order valence-corrected chi connectivity index (χ0v) is 14.0. The van der Waals surface area contributed by atoms with Crippen molar-refractivity contribution in [3.63, 3.8) is 0 Å². The lowest BCUT2D eigenvalue weighted by molar-refractivity contribution is 0.0447. The van der Waals surface area contributed by atoms with Gasteiger partial charge < -0.3 is 18.9 Å². The Morgan fingerprint density at radius 3 is 2.04 bits per heavy atom. The maximum Gasteiger partial charge on any atom is 0.193 e. The van der Waals surface area contributed by atoms with Gasteiger partial charge in [0.1, 0.15) is 22.9 Å². The number of ether oxygens (including phenoxy) is 4. The molecule has 0 aliphatic heterocycles. The van der Waals surface area contributed by atoms with Crippen LogP contribution in [0.3, 0.4) is 0 Å². The molecular formula is C19H19FO5. The molecule has 2 aromatic rings. The maximum atomic E-state index is 12.9. The third-order valence-electron chi connectivity index (χ3n) is 3.20. The highest BCUT2D eigenvalue weighted by Gasteiger charge is 2.17. The normalized spacial score (nSPS) is 10.8. The van der Waals surface area contributed by atoms with Crippen molar-refractivity contribution >= 4 is 11.9 Å². The monoisotopic (exact) mass is 346 g/mol. The summed E-state index contributed by atoms with van der Waals surface area (Å²) in [5.74, 6) is 0.0209. The Bertz CT molecular complexity index is 699. The molecule has 0 fully saturated rings. The van der Waals surface area contributed by atoms with E-state index in [4.69, 9.17) is 18.9 Å². The molecule has 0 radical (unpaired) electrons. The summed E-state index contributed by atoms with van der Waals surface area (Å²) >= 11 is 0. The van der Waals surface area contributed by atoms with Crippen molar-refractivity contribution < 1.29 is 28.1 Å². The second kappa shape index (κ2) is 9.56. The second-order valence-electron chi connectivity index (χ2n) is 4.98. The summed E-state index contributed by atoms with van der Waals surface area (Å²) in [5, 5.41) is 0. The first kappa shape index (κ1) is 18.6. The largest absolute Gasteiger partial charge is 0.467 e. The van der Waals surface area contributed by atoms with E-state index in [1.54, 1.807) is 36.4 Å². The smallest absolute Gasteiger partial charge is 0.193 e. The Hall–Kier alpha value is -2.70. The molecule has 0 heterocycles. The summed E-state index contributed by atoms with van der Waals surface area (Å²) < 4.78 is 33.6. The van der Waals surface area contributed by atoms with Gasteiger partial charge >= 0.3 is 0 Å². The van der Waals surface area contributed by atoms with Crippen LogP contribution in [-0.2, 0) is 9.47 Å². The van der Waals surface area contributed by atoms with E-state index < -0.39 is 0 Å². The van der Waals surface area contributed by atoms with Crippen LogP contribution in [-0.4, -0.2) is 33.6 Å². The zero-order chi connectivity index (χ0) is 18.1. The quantitative estimate of drug-likeness (QED) is 0.394. The van der Waals surface area contributed by atoms with Gasteiger partial charge in [-0.3, -0.25) is 4.79 Å². The molecule has 0 spiro atoms. The molecule has 2 aromatic carbocycles. The van der Waals surface area contributed by atoms with E-state index in [-0.39, 0.29) is 30.7 Å². The van der Waals surface area contributed by atoms with Crippen molar-refractivity contribution in [3.8, 4) is 11.5 Å². The van der Waals surface area contributed by atoms with Gasteiger partial charge in [-0.05, 0) is 35.9 Å². The SMILES string of the molecule is COCOc1cccc(OCOC)c1C(=O)/C=C/c1ccc(F)cc1. The van der Waals surface area contributed by atoms with E-state index in [9.17, 15) is 9.18 Å². The molecule has 2 rings (SSSR count). The highest BCUT2D eigenvalue weighted by atomic mass is 19.1. The van der Waals surface area contributed by atoms with E-state index in [0.29, 0.717) is 17.1 Å². The fourth-order valence-corrected chi connectivity index (χ4v) is 2.07. The summed E-state index contributed by atoms with van der Waals surface area (Å²) in [6, 6.07) is 10.8. The van der Waals surface area contributed by atoms with Crippen LogP contribution in [0.2, 0.25) is 0 Å². The van der Waals surface area contributed by atoms with E-state index in [2.05, 4.69) is 0 Å². The van der Waals surface area contributed by atoms with Gasteiger partial charge in [0.2, 0.25) is 0 Å². The first-order chi connectivity index (χ1) is 12.2.